The number of nitrogens with zero attached hydrogens (tertiary/aromatic N) is 2. The zero-order valence-corrected chi connectivity index (χ0v) is 16.2. The third kappa shape index (κ3) is 6.48. The van der Waals surface area contributed by atoms with Gasteiger partial charge in [-0.25, -0.2) is 0 Å². The first-order chi connectivity index (χ1) is 11.7. The third-order valence-corrected chi connectivity index (χ3v) is 5.21. The zero-order valence-electron chi connectivity index (χ0n) is 15.4. The van der Waals surface area contributed by atoms with E-state index in [1.165, 1.54) is 61.3 Å². The Hall–Kier alpha value is -1.61. The summed E-state index contributed by atoms with van der Waals surface area (Å²) in [6, 6.07) is 8.73. The molecule has 0 spiro atoms. The quantitative estimate of drug-likeness (QED) is 0.410. The molecule has 0 radical (unpaired) electrons. The highest BCUT2D eigenvalue weighted by atomic mass is 32.1. The second kappa shape index (κ2) is 10.3. The van der Waals surface area contributed by atoms with E-state index in [1.807, 2.05) is 11.3 Å². The van der Waals surface area contributed by atoms with Gasteiger partial charge < -0.3 is 4.90 Å². The lowest BCUT2D eigenvalue weighted by Gasteiger charge is -2.11. The standard InChI is InChI=1S/C21H31N2S/c1-19-23(17-18-24-19)16-10-8-6-4-5-7-9-11-20-12-14-21(15-13-20)22(2)3/h9,11-15,17-18H,4-8,10,16H2,1-3H3/q+1. The highest BCUT2D eigenvalue weighted by Gasteiger charge is 2.05. The highest BCUT2D eigenvalue weighted by Crippen LogP contribution is 2.14. The maximum Gasteiger partial charge on any atom is 0.234 e. The van der Waals surface area contributed by atoms with Crippen molar-refractivity contribution in [2.24, 2.45) is 0 Å². The van der Waals surface area contributed by atoms with E-state index in [-0.39, 0.29) is 0 Å². The van der Waals surface area contributed by atoms with Crippen LogP contribution in [0.1, 0.15) is 49.1 Å². The predicted octanol–water partition coefficient (Wildman–Crippen LogP) is 5.46. The summed E-state index contributed by atoms with van der Waals surface area (Å²) in [7, 11) is 4.15. The van der Waals surface area contributed by atoms with Gasteiger partial charge in [0.05, 0.1) is 5.38 Å². The second-order valence-corrected chi connectivity index (χ2v) is 7.66. The molecule has 1 aromatic carbocycles. The molecule has 1 heterocycles. The van der Waals surface area contributed by atoms with Gasteiger partial charge in [-0.2, -0.15) is 4.57 Å². The lowest BCUT2D eigenvalue weighted by Crippen LogP contribution is -2.33. The maximum atomic E-state index is 2.37. The van der Waals surface area contributed by atoms with Gasteiger partial charge in [0.15, 0.2) is 6.20 Å². The average Bonchev–Trinajstić information content (AvgIpc) is 2.99. The maximum absolute atomic E-state index is 2.37. The van der Waals surface area contributed by atoms with Gasteiger partial charge in [0.2, 0.25) is 5.01 Å². The third-order valence-electron chi connectivity index (χ3n) is 4.37. The van der Waals surface area contributed by atoms with Crippen LogP contribution in [0.3, 0.4) is 0 Å². The number of aromatic nitrogens is 1. The number of allylic oxidation sites excluding steroid dienone is 1. The van der Waals surface area contributed by atoms with E-state index in [0.29, 0.717) is 0 Å². The van der Waals surface area contributed by atoms with Crippen molar-refractivity contribution in [3.8, 4) is 0 Å². The van der Waals surface area contributed by atoms with Crippen molar-refractivity contribution in [2.45, 2.75) is 52.0 Å². The molecule has 1 aromatic heterocycles. The van der Waals surface area contributed by atoms with Crippen molar-refractivity contribution in [3.05, 3.63) is 52.5 Å². The topological polar surface area (TPSA) is 7.12 Å². The van der Waals surface area contributed by atoms with Crippen molar-refractivity contribution in [1.82, 2.24) is 0 Å². The summed E-state index contributed by atoms with van der Waals surface area (Å²) in [5.74, 6) is 0. The summed E-state index contributed by atoms with van der Waals surface area (Å²) in [6.45, 7) is 3.38. The first-order valence-corrected chi connectivity index (χ1v) is 9.92. The fraction of sp³-hybridized carbons (Fsp3) is 0.476. The van der Waals surface area contributed by atoms with Gasteiger partial charge >= 0.3 is 0 Å². The first-order valence-electron chi connectivity index (χ1n) is 9.04. The number of unbranched alkanes of at least 4 members (excludes halogenated alkanes) is 5. The van der Waals surface area contributed by atoms with Gasteiger partial charge in [0.25, 0.3) is 0 Å². The SMILES string of the molecule is Cc1scc[n+]1CCCCCCCC=Cc1ccc(N(C)C)cc1. The molecule has 0 aliphatic carbocycles. The van der Waals surface area contributed by atoms with Crippen LogP contribution in [0.4, 0.5) is 5.69 Å². The molecule has 0 unspecified atom stereocenters. The highest BCUT2D eigenvalue weighted by molar-refractivity contribution is 7.09. The molecule has 0 aliphatic rings. The molecule has 0 aliphatic heterocycles. The van der Waals surface area contributed by atoms with E-state index in [4.69, 9.17) is 0 Å². The van der Waals surface area contributed by atoms with Crippen LogP contribution >= 0.6 is 11.3 Å². The number of anilines is 1. The summed E-state index contributed by atoms with van der Waals surface area (Å²) >= 11 is 1.83. The number of thiazole rings is 1. The Labute approximate surface area is 151 Å². The first kappa shape index (κ1) is 18.7. The van der Waals surface area contributed by atoms with Crippen molar-refractivity contribution in [2.75, 3.05) is 19.0 Å². The lowest BCUT2D eigenvalue weighted by molar-refractivity contribution is -0.698. The molecule has 24 heavy (non-hydrogen) atoms. The molecule has 0 atom stereocenters. The van der Waals surface area contributed by atoms with Crippen LogP contribution in [0.15, 0.2) is 41.9 Å². The minimum absolute atomic E-state index is 1.18. The molecule has 0 saturated carbocycles. The van der Waals surface area contributed by atoms with E-state index < -0.39 is 0 Å². The molecule has 2 rings (SSSR count). The van der Waals surface area contributed by atoms with E-state index >= 15 is 0 Å². The summed E-state index contributed by atoms with van der Waals surface area (Å²) in [6.07, 6.45) is 14.6. The Morgan fingerprint density at radius 1 is 1.00 bits per heavy atom. The molecule has 0 N–H and O–H groups in total. The van der Waals surface area contributed by atoms with Gasteiger partial charge in [-0.3, -0.25) is 0 Å². The number of hydrogen-bond donors (Lipinski definition) is 0. The fourth-order valence-corrected chi connectivity index (χ4v) is 3.48. The summed E-state index contributed by atoms with van der Waals surface area (Å²) in [5.41, 5.74) is 2.55. The van der Waals surface area contributed by atoms with Crippen molar-refractivity contribution in [1.29, 1.82) is 0 Å². The second-order valence-electron chi connectivity index (χ2n) is 6.56. The molecule has 0 amide bonds. The minimum Gasteiger partial charge on any atom is -0.378 e. The number of rotatable bonds is 10. The predicted molar refractivity (Wildman–Crippen MR) is 107 cm³/mol. The van der Waals surface area contributed by atoms with E-state index in [9.17, 15) is 0 Å². The van der Waals surface area contributed by atoms with Crippen LogP contribution in [0.5, 0.6) is 0 Å². The smallest absolute Gasteiger partial charge is 0.234 e. The Morgan fingerprint density at radius 3 is 2.38 bits per heavy atom. The zero-order chi connectivity index (χ0) is 17.2. The Bertz CT molecular complexity index is 611. The lowest BCUT2D eigenvalue weighted by atomic mass is 10.1. The average molecular weight is 344 g/mol. The molecule has 130 valence electrons. The summed E-state index contributed by atoms with van der Waals surface area (Å²) < 4.78 is 2.37. The summed E-state index contributed by atoms with van der Waals surface area (Å²) in [5, 5.41) is 3.59. The molecule has 0 fully saturated rings. The molecule has 0 bridgehead atoms. The largest absolute Gasteiger partial charge is 0.378 e. The van der Waals surface area contributed by atoms with Crippen molar-refractivity contribution < 1.29 is 4.57 Å². The van der Waals surface area contributed by atoms with E-state index in [0.717, 1.165) is 0 Å². The molecular weight excluding hydrogens is 312 g/mol. The van der Waals surface area contributed by atoms with Crippen LogP contribution in [0, 0.1) is 6.92 Å². The Kier molecular flexibility index (Phi) is 8.03. The van der Waals surface area contributed by atoms with E-state index in [2.05, 4.69) is 78.5 Å². The van der Waals surface area contributed by atoms with Gasteiger partial charge in [-0.05, 0) is 37.0 Å². The fourth-order valence-electron chi connectivity index (χ4n) is 2.78. The molecule has 2 nitrogen and oxygen atoms in total. The normalized spacial score (nSPS) is 11.3. The van der Waals surface area contributed by atoms with Crippen LogP contribution in [0.25, 0.3) is 6.08 Å². The number of aryl methyl sites for hydroxylation is 2. The molecule has 2 aromatic rings. The monoisotopic (exact) mass is 343 g/mol. The van der Waals surface area contributed by atoms with Crippen LogP contribution < -0.4 is 9.47 Å². The van der Waals surface area contributed by atoms with Crippen LogP contribution in [-0.4, -0.2) is 14.1 Å². The van der Waals surface area contributed by atoms with E-state index in [1.54, 1.807) is 0 Å². The molecule has 3 heteroatoms. The minimum atomic E-state index is 1.18. The Balaban J connectivity index is 1.52. The van der Waals surface area contributed by atoms with Crippen LogP contribution in [0.2, 0.25) is 0 Å². The molecule has 0 saturated heterocycles. The number of benzene rings is 1. The summed E-state index contributed by atoms with van der Waals surface area (Å²) in [4.78, 5) is 2.13. The number of hydrogen-bond acceptors (Lipinski definition) is 2. The van der Waals surface area contributed by atoms with Gasteiger partial charge in [-0.1, -0.05) is 48.5 Å². The van der Waals surface area contributed by atoms with Crippen LogP contribution in [-0.2, 0) is 6.54 Å². The Morgan fingerprint density at radius 2 is 1.71 bits per heavy atom. The van der Waals surface area contributed by atoms with Gasteiger partial charge in [0.1, 0.15) is 6.54 Å². The molecular formula is C21H31N2S+. The van der Waals surface area contributed by atoms with Gasteiger partial charge in [0, 0.05) is 33.1 Å². The van der Waals surface area contributed by atoms with Crippen molar-refractivity contribution in [3.63, 3.8) is 0 Å². The van der Waals surface area contributed by atoms with Crippen molar-refractivity contribution >= 4 is 23.1 Å². The van der Waals surface area contributed by atoms with Gasteiger partial charge in [-0.15, -0.1) is 0 Å².